The molecule has 0 radical (unpaired) electrons. The van der Waals surface area contributed by atoms with Gasteiger partial charge in [0, 0.05) is 11.3 Å². The highest BCUT2D eigenvalue weighted by Gasteiger charge is 2.31. The number of imidazole rings is 1. The van der Waals surface area contributed by atoms with Crippen LogP contribution in [0.15, 0.2) is 18.2 Å². The predicted octanol–water partition coefficient (Wildman–Crippen LogP) is 4.37. The molecule has 3 rings (SSSR count). The minimum absolute atomic E-state index is 0.332. The van der Waals surface area contributed by atoms with Gasteiger partial charge in [-0.3, -0.25) is 0 Å². The topological polar surface area (TPSA) is 17.8 Å². The van der Waals surface area contributed by atoms with E-state index < -0.39 is 0 Å². The zero-order chi connectivity index (χ0) is 13.5. The average Bonchev–Trinajstić information content (AvgIpc) is 2.95. The van der Waals surface area contributed by atoms with Crippen molar-refractivity contribution in [3.05, 3.63) is 29.6 Å². The summed E-state index contributed by atoms with van der Waals surface area (Å²) in [6.07, 6.45) is 2.61. The van der Waals surface area contributed by atoms with Crippen LogP contribution >= 0.6 is 23.4 Å². The summed E-state index contributed by atoms with van der Waals surface area (Å²) in [4.78, 5) is 4.67. The summed E-state index contributed by atoms with van der Waals surface area (Å²) in [5.74, 6) is 2.75. The Morgan fingerprint density at radius 2 is 2.32 bits per heavy atom. The van der Waals surface area contributed by atoms with Crippen LogP contribution in [0.3, 0.4) is 0 Å². The number of alkyl halides is 1. The third kappa shape index (κ3) is 2.50. The maximum absolute atomic E-state index is 6.08. The first kappa shape index (κ1) is 13.3. The monoisotopic (exact) mass is 294 g/mol. The quantitative estimate of drug-likeness (QED) is 0.782. The summed E-state index contributed by atoms with van der Waals surface area (Å²) >= 11 is 8.17. The standard InChI is InChI=1S/C15H19ClN2S/c1-11-4-5-12-13(8-11)18(14(9-16)17-12)10-15(2)6-3-7-19-15/h4-5,8H,3,6-7,9-10H2,1-2H3. The fourth-order valence-electron chi connectivity index (χ4n) is 2.86. The molecule has 0 amide bonds. The van der Waals surface area contributed by atoms with Gasteiger partial charge in [-0.25, -0.2) is 4.98 Å². The summed E-state index contributed by atoms with van der Waals surface area (Å²) in [6, 6.07) is 6.44. The van der Waals surface area contributed by atoms with Gasteiger partial charge in [0.05, 0.1) is 16.9 Å². The average molecular weight is 295 g/mol. The van der Waals surface area contributed by atoms with Crippen molar-refractivity contribution in [3.8, 4) is 0 Å². The number of aryl methyl sites for hydroxylation is 1. The van der Waals surface area contributed by atoms with Crippen LogP contribution in [-0.2, 0) is 12.4 Å². The molecule has 1 aliphatic heterocycles. The van der Waals surface area contributed by atoms with Crippen LogP contribution < -0.4 is 0 Å². The number of hydrogen-bond donors (Lipinski definition) is 0. The van der Waals surface area contributed by atoms with Crippen molar-refractivity contribution in [2.75, 3.05) is 5.75 Å². The molecule has 0 saturated carbocycles. The number of nitrogens with zero attached hydrogens (tertiary/aromatic N) is 2. The van der Waals surface area contributed by atoms with E-state index in [9.17, 15) is 0 Å². The molecule has 0 N–H and O–H groups in total. The van der Waals surface area contributed by atoms with E-state index in [1.54, 1.807) is 0 Å². The first-order valence-electron chi connectivity index (χ1n) is 6.77. The normalized spacial score (nSPS) is 23.3. The maximum atomic E-state index is 6.08. The Morgan fingerprint density at radius 3 is 3.00 bits per heavy atom. The number of rotatable bonds is 3. The summed E-state index contributed by atoms with van der Waals surface area (Å²) in [5, 5.41) is 0. The van der Waals surface area contributed by atoms with E-state index in [4.69, 9.17) is 11.6 Å². The number of thioether (sulfide) groups is 1. The van der Waals surface area contributed by atoms with Crippen molar-refractivity contribution in [1.82, 2.24) is 9.55 Å². The molecule has 1 aromatic carbocycles. The van der Waals surface area contributed by atoms with Crippen molar-refractivity contribution in [2.24, 2.45) is 0 Å². The second-order valence-electron chi connectivity index (χ2n) is 5.64. The highest BCUT2D eigenvalue weighted by Crippen LogP contribution is 2.40. The van der Waals surface area contributed by atoms with Crippen LogP contribution in [0.5, 0.6) is 0 Å². The predicted molar refractivity (Wildman–Crippen MR) is 84.1 cm³/mol. The minimum Gasteiger partial charge on any atom is -0.326 e. The van der Waals surface area contributed by atoms with Gasteiger partial charge in [0.25, 0.3) is 0 Å². The van der Waals surface area contributed by atoms with Crippen LogP contribution in [0, 0.1) is 6.92 Å². The second-order valence-corrected chi connectivity index (χ2v) is 7.59. The Labute approximate surface area is 123 Å². The van der Waals surface area contributed by atoms with Crippen LogP contribution in [-0.4, -0.2) is 20.1 Å². The van der Waals surface area contributed by atoms with Crippen LogP contribution in [0.1, 0.15) is 31.2 Å². The summed E-state index contributed by atoms with van der Waals surface area (Å²) in [7, 11) is 0. The molecule has 0 spiro atoms. The highest BCUT2D eigenvalue weighted by molar-refractivity contribution is 8.00. The van der Waals surface area contributed by atoms with E-state index in [1.807, 2.05) is 0 Å². The number of aromatic nitrogens is 2. The molecule has 19 heavy (non-hydrogen) atoms. The Balaban J connectivity index is 2.07. The molecule has 0 bridgehead atoms. The second kappa shape index (κ2) is 5.02. The van der Waals surface area contributed by atoms with Gasteiger partial charge >= 0.3 is 0 Å². The van der Waals surface area contributed by atoms with Gasteiger partial charge in [0.1, 0.15) is 5.82 Å². The van der Waals surface area contributed by atoms with Crippen molar-refractivity contribution in [2.45, 2.75) is 43.9 Å². The van der Waals surface area contributed by atoms with Crippen molar-refractivity contribution in [3.63, 3.8) is 0 Å². The van der Waals surface area contributed by atoms with Crippen LogP contribution in [0.25, 0.3) is 11.0 Å². The van der Waals surface area contributed by atoms with Crippen molar-refractivity contribution < 1.29 is 0 Å². The van der Waals surface area contributed by atoms with Crippen LogP contribution in [0.2, 0.25) is 0 Å². The molecule has 0 aliphatic carbocycles. The number of halogens is 1. The van der Waals surface area contributed by atoms with E-state index >= 15 is 0 Å². The zero-order valence-electron chi connectivity index (χ0n) is 11.4. The molecule has 1 fully saturated rings. The first-order valence-corrected chi connectivity index (χ1v) is 8.29. The van der Waals surface area contributed by atoms with E-state index in [0.717, 1.165) is 17.9 Å². The van der Waals surface area contributed by atoms with Gasteiger partial charge in [-0.2, -0.15) is 11.8 Å². The third-order valence-corrected chi connectivity index (χ3v) is 5.66. The van der Waals surface area contributed by atoms with Gasteiger partial charge in [0.15, 0.2) is 0 Å². The Bertz CT molecular complexity index is 599. The van der Waals surface area contributed by atoms with Gasteiger partial charge in [0.2, 0.25) is 0 Å². The van der Waals surface area contributed by atoms with E-state index in [0.29, 0.717) is 10.6 Å². The molecular weight excluding hydrogens is 276 g/mol. The Hall–Kier alpha value is -0.670. The number of benzene rings is 1. The maximum Gasteiger partial charge on any atom is 0.124 e. The van der Waals surface area contributed by atoms with E-state index in [1.165, 1.54) is 29.7 Å². The van der Waals surface area contributed by atoms with Gasteiger partial charge in [-0.05, 0) is 50.1 Å². The highest BCUT2D eigenvalue weighted by atomic mass is 35.5. The van der Waals surface area contributed by atoms with Gasteiger partial charge < -0.3 is 4.57 Å². The SMILES string of the molecule is Cc1ccc2nc(CCl)n(CC3(C)CCCS3)c2c1. The zero-order valence-corrected chi connectivity index (χ0v) is 13.0. The molecule has 1 saturated heterocycles. The lowest BCUT2D eigenvalue weighted by molar-refractivity contribution is 0.510. The molecule has 2 heterocycles. The lowest BCUT2D eigenvalue weighted by atomic mass is 10.1. The van der Waals surface area contributed by atoms with E-state index in [2.05, 4.69) is 53.4 Å². The molecule has 1 atom stereocenters. The molecule has 1 aliphatic rings. The lowest BCUT2D eigenvalue weighted by Crippen LogP contribution is -2.24. The fraction of sp³-hybridized carbons (Fsp3) is 0.533. The first-order chi connectivity index (χ1) is 9.11. The molecule has 1 aromatic heterocycles. The van der Waals surface area contributed by atoms with Crippen LogP contribution in [0.4, 0.5) is 0 Å². The lowest BCUT2D eigenvalue weighted by Gasteiger charge is -2.24. The Kier molecular flexibility index (Phi) is 3.52. The molecule has 2 aromatic rings. The molecule has 2 nitrogen and oxygen atoms in total. The minimum atomic E-state index is 0.332. The third-order valence-electron chi connectivity index (χ3n) is 3.90. The van der Waals surface area contributed by atoms with Gasteiger partial charge in [-0.15, -0.1) is 11.6 Å². The van der Waals surface area contributed by atoms with E-state index in [-0.39, 0.29) is 0 Å². The summed E-state index contributed by atoms with van der Waals surface area (Å²) in [6.45, 7) is 5.51. The summed E-state index contributed by atoms with van der Waals surface area (Å²) < 4.78 is 2.66. The largest absolute Gasteiger partial charge is 0.326 e. The molecule has 102 valence electrons. The fourth-order valence-corrected chi connectivity index (χ4v) is 4.35. The summed E-state index contributed by atoms with van der Waals surface area (Å²) in [5.41, 5.74) is 3.57. The molecule has 4 heteroatoms. The van der Waals surface area contributed by atoms with Crippen molar-refractivity contribution in [1.29, 1.82) is 0 Å². The number of hydrogen-bond acceptors (Lipinski definition) is 2. The Morgan fingerprint density at radius 1 is 1.47 bits per heavy atom. The van der Waals surface area contributed by atoms with Crippen molar-refractivity contribution >= 4 is 34.4 Å². The van der Waals surface area contributed by atoms with Gasteiger partial charge in [-0.1, -0.05) is 6.07 Å². The number of fused-ring (bicyclic) bond motifs is 1. The smallest absolute Gasteiger partial charge is 0.124 e. The molecular formula is C15H19ClN2S. The molecule has 1 unspecified atom stereocenters.